The van der Waals surface area contributed by atoms with Crippen LogP contribution in [0.25, 0.3) is 0 Å². The molecule has 2 nitrogen and oxygen atoms in total. The molecule has 0 heterocycles. The molecule has 0 unspecified atom stereocenters. The third-order valence-electron chi connectivity index (χ3n) is 3.85. The Morgan fingerprint density at radius 3 is 2.40 bits per heavy atom. The molecule has 0 aromatic rings. The fourth-order valence-electron chi connectivity index (χ4n) is 2.81. The van der Waals surface area contributed by atoms with Crippen LogP contribution < -0.4 is 5.73 Å². The minimum atomic E-state index is 0.445. The molecule has 2 heteroatoms. The standard InChI is InChI=1S/C13H28N2/c1-3-4-10-15(2)12-13(11-14)8-6-5-7-9-13/h3-12,14H2,1-2H3. The van der Waals surface area contributed by atoms with Gasteiger partial charge in [-0.1, -0.05) is 32.6 Å². The summed E-state index contributed by atoms with van der Waals surface area (Å²) in [5, 5.41) is 0. The van der Waals surface area contributed by atoms with Gasteiger partial charge in [-0.05, 0) is 44.8 Å². The Hall–Kier alpha value is -0.0800. The number of nitrogens with two attached hydrogens (primary N) is 1. The second-order valence-corrected chi connectivity index (χ2v) is 5.36. The van der Waals surface area contributed by atoms with Gasteiger partial charge >= 0.3 is 0 Å². The van der Waals surface area contributed by atoms with Crippen molar-refractivity contribution in [2.45, 2.75) is 51.9 Å². The highest BCUT2D eigenvalue weighted by atomic mass is 15.1. The lowest BCUT2D eigenvalue weighted by molar-refractivity contribution is 0.127. The largest absolute Gasteiger partial charge is 0.330 e. The Morgan fingerprint density at radius 1 is 1.20 bits per heavy atom. The summed E-state index contributed by atoms with van der Waals surface area (Å²) in [7, 11) is 2.25. The quantitative estimate of drug-likeness (QED) is 0.733. The molecular formula is C13H28N2. The van der Waals surface area contributed by atoms with Crippen molar-refractivity contribution in [3.05, 3.63) is 0 Å². The van der Waals surface area contributed by atoms with Gasteiger partial charge in [0.05, 0.1) is 0 Å². The maximum Gasteiger partial charge on any atom is 0.00470 e. The van der Waals surface area contributed by atoms with E-state index in [1.165, 1.54) is 58.0 Å². The number of nitrogens with zero attached hydrogens (tertiary/aromatic N) is 1. The summed E-state index contributed by atoms with van der Waals surface area (Å²) in [5.74, 6) is 0. The van der Waals surface area contributed by atoms with Crippen LogP contribution in [0, 0.1) is 5.41 Å². The van der Waals surface area contributed by atoms with Crippen LogP contribution in [0.3, 0.4) is 0 Å². The van der Waals surface area contributed by atoms with Crippen LogP contribution in [-0.4, -0.2) is 31.6 Å². The Labute approximate surface area is 95.2 Å². The minimum Gasteiger partial charge on any atom is -0.330 e. The van der Waals surface area contributed by atoms with Gasteiger partial charge in [-0.2, -0.15) is 0 Å². The van der Waals surface area contributed by atoms with Gasteiger partial charge in [0, 0.05) is 6.54 Å². The maximum absolute atomic E-state index is 5.99. The van der Waals surface area contributed by atoms with E-state index in [-0.39, 0.29) is 0 Å². The highest BCUT2D eigenvalue weighted by Gasteiger charge is 2.31. The van der Waals surface area contributed by atoms with Crippen molar-refractivity contribution in [3.63, 3.8) is 0 Å². The lowest BCUT2D eigenvalue weighted by Gasteiger charge is -2.39. The van der Waals surface area contributed by atoms with Crippen molar-refractivity contribution in [2.24, 2.45) is 11.1 Å². The van der Waals surface area contributed by atoms with E-state index in [4.69, 9.17) is 5.73 Å². The zero-order valence-electron chi connectivity index (χ0n) is 10.6. The first-order valence-corrected chi connectivity index (χ1v) is 6.61. The van der Waals surface area contributed by atoms with Gasteiger partial charge in [-0.15, -0.1) is 0 Å². The molecular weight excluding hydrogens is 184 g/mol. The van der Waals surface area contributed by atoms with E-state index >= 15 is 0 Å². The average molecular weight is 212 g/mol. The van der Waals surface area contributed by atoms with Gasteiger partial charge in [0.15, 0.2) is 0 Å². The normalized spacial score (nSPS) is 20.8. The SMILES string of the molecule is CCCCN(C)CC1(CN)CCCCC1. The Balaban J connectivity index is 2.37. The second kappa shape index (κ2) is 6.49. The molecule has 0 aromatic heterocycles. The highest BCUT2D eigenvalue weighted by Crippen LogP contribution is 2.35. The molecule has 15 heavy (non-hydrogen) atoms. The second-order valence-electron chi connectivity index (χ2n) is 5.36. The molecule has 1 rings (SSSR count). The first-order valence-electron chi connectivity index (χ1n) is 6.61. The van der Waals surface area contributed by atoms with E-state index in [0.29, 0.717) is 5.41 Å². The molecule has 90 valence electrons. The molecule has 0 amide bonds. The van der Waals surface area contributed by atoms with Crippen molar-refractivity contribution >= 4 is 0 Å². The molecule has 0 aliphatic heterocycles. The molecule has 2 N–H and O–H groups in total. The van der Waals surface area contributed by atoms with E-state index in [1.807, 2.05) is 0 Å². The molecule has 0 radical (unpaired) electrons. The summed E-state index contributed by atoms with van der Waals surface area (Å²) >= 11 is 0. The predicted molar refractivity (Wildman–Crippen MR) is 67.0 cm³/mol. The third kappa shape index (κ3) is 4.12. The van der Waals surface area contributed by atoms with E-state index in [1.54, 1.807) is 0 Å². The number of rotatable bonds is 6. The van der Waals surface area contributed by atoms with Crippen molar-refractivity contribution in [1.82, 2.24) is 4.90 Å². The third-order valence-corrected chi connectivity index (χ3v) is 3.85. The highest BCUT2D eigenvalue weighted by molar-refractivity contribution is 4.86. The summed E-state index contributed by atoms with van der Waals surface area (Å²) < 4.78 is 0. The van der Waals surface area contributed by atoms with Crippen LogP contribution in [0.15, 0.2) is 0 Å². The van der Waals surface area contributed by atoms with Gasteiger partial charge < -0.3 is 10.6 Å². The molecule has 0 spiro atoms. The molecule has 0 aromatic carbocycles. The molecule has 1 aliphatic carbocycles. The van der Waals surface area contributed by atoms with Crippen molar-refractivity contribution < 1.29 is 0 Å². The molecule has 0 atom stereocenters. The average Bonchev–Trinajstić information content (AvgIpc) is 2.27. The van der Waals surface area contributed by atoms with Gasteiger partial charge in [-0.25, -0.2) is 0 Å². The summed E-state index contributed by atoms with van der Waals surface area (Å²) in [6.45, 7) is 5.58. The molecule has 0 saturated heterocycles. The van der Waals surface area contributed by atoms with E-state index < -0.39 is 0 Å². The Bertz CT molecular complexity index is 162. The van der Waals surface area contributed by atoms with E-state index in [0.717, 1.165) is 6.54 Å². The van der Waals surface area contributed by atoms with Crippen LogP contribution in [0.2, 0.25) is 0 Å². The first kappa shape index (κ1) is 13.0. The summed E-state index contributed by atoms with van der Waals surface area (Å²) in [6, 6.07) is 0. The smallest absolute Gasteiger partial charge is 0.00470 e. The Kier molecular flexibility index (Phi) is 5.62. The molecule has 1 fully saturated rings. The molecule has 1 saturated carbocycles. The molecule has 1 aliphatic rings. The Morgan fingerprint density at radius 2 is 1.87 bits per heavy atom. The zero-order chi connectivity index (χ0) is 11.1. The fraction of sp³-hybridized carbons (Fsp3) is 1.00. The van der Waals surface area contributed by atoms with Crippen molar-refractivity contribution in [3.8, 4) is 0 Å². The van der Waals surface area contributed by atoms with Crippen molar-refractivity contribution in [2.75, 3.05) is 26.7 Å². The fourth-order valence-corrected chi connectivity index (χ4v) is 2.81. The van der Waals surface area contributed by atoms with Crippen molar-refractivity contribution in [1.29, 1.82) is 0 Å². The van der Waals surface area contributed by atoms with E-state index in [2.05, 4.69) is 18.9 Å². The summed E-state index contributed by atoms with van der Waals surface area (Å²) in [5.41, 5.74) is 6.43. The van der Waals surface area contributed by atoms with E-state index in [9.17, 15) is 0 Å². The van der Waals surface area contributed by atoms with Gasteiger partial charge in [0.1, 0.15) is 0 Å². The van der Waals surface area contributed by atoms with Crippen LogP contribution in [-0.2, 0) is 0 Å². The minimum absolute atomic E-state index is 0.445. The maximum atomic E-state index is 5.99. The summed E-state index contributed by atoms with van der Waals surface area (Å²) in [6.07, 6.45) is 9.50. The number of hydrogen-bond acceptors (Lipinski definition) is 2. The predicted octanol–water partition coefficient (Wildman–Crippen LogP) is 2.63. The number of hydrogen-bond donors (Lipinski definition) is 1. The van der Waals surface area contributed by atoms with Gasteiger partial charge in [0.2, 0.25) is 0 Å². The first-order chi connectivity index (χ1) is 7.22. The number of unbranched alkanes of at least 4 members (excludes halogenated alkanes) is 1. The monoisotopic (exact) mass is 212 g/mol. The van der Waals surface area contributed by atoms with Gasteiger partial charge in [-0.3, -0.25) is 0 Å². The van der Waals surface area contributed by atoms with Gasteiger partial charge in [0.25, 0.3) is 0 Å². The lowest BCUT2D eigenvalue weighted by atomic mass is 9.74. The topological polar surface area (TPSA) is 29.3 Å². The van der Waals surface area contributed by atoms with Crippen LogP contribution in [0.5, 0.6) is 0 Å². The van der Waals surface area contributed by atoms with Crippen LogP contribution >= 0.6 is 0 Å². The molecule has 0 bridgehead atoms. The lowest BCUT2D eigenvalue weighted by Crippen LogP contribution is -2.42. The van der Waals surface area contributed by atoms with Crippen LogP contribution in [0.4, 0.5) is 0 Å². The summed E-state index contributed by atoms with van der Waals surface area (Å²) in [4.78, 5) is 2.49. The zero-order valence-corrected chi connectivity index (χ0v) is 10.6. The van der Waals surface area contributed by atoms with Crippen LogP contribution in [0.1, 0.15) is 51.9 Å².